The number of nitrogens with one attached hydrogen (secondary N) is 1. The van der Waals surface area contributed by atoms with Crippen molar-refractivity contribution >= 4 is 21.8 Å². The Morgan fingerprint density at radius 2 is 1.29 bits per heavy atom. The second-order valence-corrected chi connectivity index (χ2v) is 9.59. The molecule has 2 saturated heterocycles. The molecule has 0 bridgehead atoms. The summed E-state index contributed by atoms with van der Waals surface area (Å²) in [7, 11) is 0. The first-order valence-electron chi connectivity index (χ1n) is 12.3. The molecule has 0 radical (unpaired) electrons. The first-order valence-corrected chi connectivity index (χ1v) is 12.3. The minimum atomic E-state index is -1.48. The van der Waals surface area contributed by atoms with Gasteiger partial charge in [0.05, 0.1) is 25.4 Å². The van der Waals surface area contributed by atoms with Crippen LogP contribution in [0.4, 0.5) is 0 Å². The van der Waals surface area contributed by atoms with Crippen LogP contribution in [0.2, 0.25) is 0 Å². The fraction of sp³-hybridized carbons (Fsp3) is 0.429. The zero-order valence-corrected chi connectivity index (χ0v) is 20.2. The molecule has 0 amide bonds. The van der Waals surface area contributed by atoms with Crippen LogP contribution in [0.3, 0.4) is 0 Å². The molecule has 3 heterocycles. The van der Waals surface area contributed by atoms with Crippen LogP contribution in [-0.2, 0) is 9.47 Å². The highest BCUT2D eigenvalue weighted by Crippen LogP contribution is 2.27. The van der Waals surface area contributed by atoms with Gasteiger partial charge in [-0.15, -0.1) is 0 Å². The lowest BCUT2D eigenvalue weighted by molar-refractivity contribution is -0.214. The molecule has 10 heteroatoms. The van der Waals surface area contributed by atoms with Crippen LogP contribution in [0.25, 0.3) is 21.8 Å². The van der Waals surface area contributed by atoms with Crippen molar-refractivity contribution in [3.05, 3.63) is 47.5 Å². The molecule has 5 rings (SSSR count). The fourth-order valence-electron chi connectivity index (χ4n) is 4.79. The van der Waals surface area contributed by atoms with E-state index in [1.807, 2.05) is 36.4 Å². The molecule has 10 nitrogen and oxygen atoms in total. The smallest absolute Gasteiger partial charge is 0.147 e. The highest BCUT2D eigenvalue weighted by Gasteiger charge is 2.42. The third-order valence-corrected chi connectivity index (χ3v) is 6.96. The van der Waals surface area contributed by atoms with Crippen molar-refractivity contribution in [2.75, 3.05) is 13.2 Å². The van der Waals surface area contributed by atoms with Crippen LogP contribution in [0.1, 0.15) is 17.5 Å². The Morgan fingerprint density at radius 1 is 0.711 bits per heavy atom. The number of hydrogen-bond acceptors (Lipinski definition) is 9. The van der Waals surface area contributed by atoms with Gasteiger partial charge in [0.1, 0.15) is 42.7 Å². The minimum absolute atomic E-state index is 0.145. The van der Waals surface area contributed by atoms with Gasteiger partial charge >= 0.3 is 0 Å². The highest BCUT2D eigenvalue weighted by atomic mass is 16.5. The molecule has 38 heavy (non-hydrogen) atoms. The first-order chi connectivity index (χ1) is 18.3. The quantitative estimate of drug-likeness (QED) is 0.191. The molecular formula is C28H29NO9. The maximum atomic E-state index is 10.2. The van der Waals surface area contributed by atoms with Crippen molar-refractivity contribution in [1.29, 1.82) is 0 Å². The van der Waals surface area contributed by atoms with E-state index in [2.05, 4.69) is 28.7 Å². The molecule has 1 aromatic heterocycles. The maximum absolute atomic E-state index is 10.2. The van der Waals surface area contributed by atoms with E-state index >= 15 is 0 Å². The molecule has 8 N–H and O–H groups in total. The molecule has 0 saturated carbocycles. The molecule has 3 aromatic rings. The number of H-pyrrole nitrogens is 1. The number of ether oxygens (including phenoxy) is 2. The summed E-state index contributed by atoms with van der Waals surface area (Å²) in [6.07, 6.45) is -9.97. The third-order valence-electron chi connectivity index (χ3n) is 6.96. The number of aliphatic hydroxyl groups excluding tert-OH is 7. The van der Waals surface area contributed by atoms with Crippen LogP contribution in [0, 0.1) is 23.7 Å². The molecule has 2 fully saturated rings. The van der Waals surface area contributed by atoms with Crippen LogP contribution in [-0.4, -0.2) is 109 Å². The van der Waals surface area contributed by atoms with Crippen LogP contribution in [0.15, 0.2) is 36.4 Å². The van der Waals surface area contributed by atoms with Crippen molar-refractivity contribution in [3.8, 4) is 23.7 Å². The van der Waals surface area contributed by atoms with E-state index < -0.39 is 61.5 Å². The predicted octanol–water partition coefficient (Wildman–Crippen LogP) is -1.26. The van der Waals surface area contributed by atoms with Crippen molar-refractivity contribution in [2.45, 2.75) is 61.4 Å². The van der Waals surface area contributed by atoms with E-state index in [1.54, 1.807) is 0 Å². The van der Waals surface area contributed by atoms with Crippen molar-refractivity contribution in [2.24, 2.45) is 0 Å². The topological polar surface area (TPSA) is 176 Å². The molecule has 2 aliphatic heterocycles. The van der Waals surface area contributed by atoms with Gasteiger partial charge in [-0.3, -0.25) is 0 Å². The summed E-state index contributed by atoms with van der Waals surface area (Å²) in [4.78, 5) is 3.33. The number of hydrogen-bond donors (Lipinski definition) is 8. The summed E-state index contributed by atoms with van der Waals surface area (Å²) in [5.41, 5.74) is 2.93. The van der Waals surface area contributed by atoms with E-state index in [1.165, 1.54) is 0 Å². The van der Waals surface area contributed by atoms with Gasteiger partial charge in [0.25, 0.3) is 0 Å². The lowest BCUT2D eigenvalue weighted by Crippen LogP contribution is -2.58. The normalized spacial score (nSPS) is 33.4. The van der Waals surface area contributed by atoms with E-state index in [9.17, 15) is 35.7 Å². The number of aliphatic hydroxyl groups is 7. The Labute approximate surface area is 218 Å². The molecular weight excluding hydrogens is 494 g/mol. The molecule has 2 aromatic carbocycles. The minimum Gasteiger partial charge on any atom is -0.394 e. The first kappa shape index (κ1) is 26.6. The second-order valence-electron chi connectivity index (χ2n) is 9.59. The summed E-state index contributed by atoms with van der Waals surface area (Å²) in [5.74, 6) is 11.5. The molecule has 0 aliphatic carbocycles. The summed E-state index contributed by atoms with van der Waals surface area (Å²) in [6.45, 7) is -0.784. The van der Waals surface area contributed by atoms with Crippen molar-refractivity contribution in [1.82, 2.24) is 4.98 Å². The van der Waals surface area contributed by atoms with Gasteiger partial charge in [-0.1, -0.05) is 35.8 Å². The average Bonchev–Trinajstić information content (AvgIpc) is 3.29. The monoisotopic (exact) mass is 523 g/mol. The zero-order chi connectivity index (χ0) is 27.0. The summed E-state index contributed by atoms with van der Waals surface area (Å²) in [5, 5.41) is 70.8. The molecule has 0 spiro atoms. The Morgan fingerprint density at radius 3 is 1.84 bits per heavy atom. The van der Waals surface area contributed by atoms with Gasteiger partial charge in [-0.25, -0.2) is 0 Å². The van der Waals surface area contributed by atoms with Gasteiger partial charge in [-0.05, 0) is 24.3 Å². The number of fused-ring (bicyclic) bond motifs is 3. The van der Waals surface area contributed by atoms with Crippen LogP contribution < -0.4 is 0 Å². The number of aromatic amines is 1. The van der Waals surface area contributed by atoms with Crippen LogP contribution >= 0.6 is 0 Å². The number of aromatic nitrogens is 1. The molecule has 8 unspecified atom stereocenters. The average molecular weight is 524 g/mol. The summed E-state index contributed by atoms with van der Waals surface area (Å²) >= 11 is 0. The van der Waals surface area contributed by atoms with Gasteiger partial charge in [0.15, 0.2) is 0 Å². The van der Waals surface area contributed by atoms with E-state index in [4.69, 9.17) is 9.47 Å². The second kappa shape index (κ2) is 11.0. The SMILES string of the molecule is OCC1CC(O)C(O)C(C#Cc2ccc3c(c2)[nH]c2cc(C#CC4OC(CO)[C@@H](O)C(O)C4O)ccc23)O1. The lowest BCUT2D eigenvalue weighted by Gasteiger charge is -2.37. The Bertz CT molecular complexity index is 1430. The van der Waals surface area contributed by atoms with Crippen LogP contribution in [0.5, 0.6) is 0 Å². The fourth-order valence-corrected chi connectivity index (χ4v) is 4.79. The Kier molecular flexibility index (Phi) is 7.70. The number of rotatable bonds is 2. The molecule has 200 valence electrons. The van der Waals surface area contributed by atoms with Crippen molar-refractivity contribution in [3.63, 3.8) is 0 Å². The molecule has 2 aliphatic rings. The Balaban J connectivity index is 1.37. The summed E-state index contributed by atoms with van der Waals surface area (Å²) < 4.78 is 11.0. The largest absolute Gasteiger partial charge is 0.394 e. The van der Waals surface area contributed by atoms with Gasteiger partial charge in [-0.2, -0.15) is 0 Å². The van der Waals surface area contributed by atoms with Gasteiger partial charge in [0.2, 0.25) is 0 Å². The Hall–Kier alpha value is -3.00. The standard InChI is InChI=1S/C28H29NO9/c30-12-16-11-21(32)25(33)22(37-16)7-3-14-1-5-17-18-6-2-15(10-20(18)29-19(17)9-14)4-8-23-26(34)28(36)27(35)24(13-31)38-23/h1-2,5-6,9-10,16,21-36H,11-13H2/t16?,21?,22?,23?,24?,25?,26?,27-,28?/m1/s1. The highest BCUT2D eigenvalue weighted by molar-refractivity contribution is 6.07. The van der Waals surface area contributed by atoms with Gasteiger partial charge in [0, 0.05) is 39.4 Å². The van der Waals surface area contributed by atoms with E-state index in [0.29, 0.717) is 11.1 Å². The predicted molar refractivity (Wildman–Crippen MR) is 136 cm³/mol. The van der Waals surface area contributed by atoms with E-state index in [0.717, 1.165) is 21.8 Å². The molecule has 9 atom stereocenters. The maximum Gasteiger partial charge on any atom is 0.147 e. The van der Waals surface area contributed by atoms with Gasteiger partial charge < -0.3 is 50.2 Å². The van der Waals surface area contributed by atoms with Crippen molar-refractivity contribution < 1.29 is 45.2 Å². The third kappa shape index (κ3) is 5.15. The summed E-state index contributed by atoms with van der Waals surface area (Å²) in [6, 6.07) is 11.2. The van der Waals surface area contributed by atoms with E-state index in [-0.39, 0.29) is 13.0 Å². The lowest BCUT2D eigenvalue weighted by atomic mass is 9.95. The number of benzene rings is 2. The zero-order valence-electron chi connectivity index (χ0n) is 20.2.